The summed E-state index contributed by atoms with van der Waals surface area (Å²) in [5, 5.41) is 18.9. The minimum Gasteiger partial charge on any atom is -0.465 e. The maximum atomic E-state index is 13.3. The van der Waals surface area contributed by atoms with E-state index < -0.39 is 12.1 Å². The van der Waals surface area contributed by atoms with Gasteiger partial charge < -0.3 is 30.6 Å². The summed E-state index contributed by atoms with van der Waals surface area (Å²) in [6, 6.07) is 17.3. The second-order valence-corrected chi connectivity index (χ2v) is 13.9. The third-order valence-electron chi connectivity index (χ3n) is 10.1. The molecule has 264 valence electrons. The number of carbonyl (C=O) groups excluding carboxylic acids is 2. The minimum atomic E-state index is -1.21. The molecule has 13 nitrogen and oxygen atoms in total. The highest BCUT2D eigenvalue weighted by molar-refractivity contribution is 5.92. The Hall–Kier alpha value is -5.72. The Morgan fingerprint density at radius 1 is 0.824 bits per heavy atom. The zero-order valence-electron chi connectivity index (χ0n) is 29.0. The summed E-state index contributed by atoms with van der Waals surface area (Å²) in [5.74, 6) is 1.57. The molecule has 2 fully saturated rings. The number of anilines is 1. The number of aromatic amines is 2. The number of imidazole rings is 2. The molecule has 0 bridgehead atoms. The summed E-state index contributed by atoms with van der Waals surface area (Å²) < 4.78 is 1.67. The second-order valence-electron chi connectivity index (χ2n) is 13.9. The van der Waals surface area contributed by atoms with Crippen LogP contribution in [0, 0.1) is 11.8 Å². The fourth-order valence-electron chi connectivity index (χ4n) is 7.45. The Morgan fingerprint density at radius 2 is 1.43 bits per heavy atom. The number of aromatic nitrogens is 6. The topological polar surface area (TPSA) is 174 Å². The van der Waals surface area contributed by atoms with Crippen molar-refractivity contribution < 1.29 is 19.5 Å². The van der Waals surface area contributed by atoms with Gasteiger partial charge in [0.05, 0.1) is 29.8 Å². The molecular formula is C38H43N9O4. The smallest absolute Gasteiger partial charge is 0.405 e. The van der Waals surface area contributed by atoms with Gasteiger partial charge in [-0.25, -0.2) is 14.8 Å². The first-order valence-electron chi connectivity index (χ1n) is 17.6. The van der Waals surface area contributed by atoms with Crippen LogP contribution in [0.4, 0.5) is 10.6 Å². The van der Waals surface area contributed by atoms with E-state index in [1.54, 1.807) is 21.8 Å². The summed E-state index contributed by atoms with van der Waals surface area (Å²) >= 11 is 0. The van der Waals surface area contributed by atoms with E-state index in [-0.39, 0.29) is 35.6 Å². The molecule has 1 aliphatic heterocycles. The van der Waals surface area contributed by atoms with Crippen LogP contribution < -0.4 is 10.6 Å². The van der Waals surface area contributed by atoms with E-state index in [0.717, 1.165) is 71.6 Å². The molecule has 0 radical (unpaired) electrons. The lowest BCUT2D eigenvalue weighted by Gasteiger charge is -2.29. The van der Waals surface area contributed by atoms with Crippen LogP contribution >= 0.6 is 0 Å². The highest BCUT2D eigenvalue weighted by Crippen LogP contribution is 2.40. The Balaban J connectivity index is 0.997. The average molecular weight is 690 g/mol. The molecule has 3 amide bonds. The number of rotatable bonds is 10. The molecule has 1 saturated heterocycles. The third kappa shape index (κ3) is 7.14. The maximum Gasteiger partial charge on any atom is 0.405 e. The van der Waals surface area contributed by atoms with Gasteiger partial charge in [0.1, 0.15) is 17.7 Å². The van der Waals surface area contributed by atoms with Crippen molar-refractivity contribution in [2.45, 2.75) is 64.0 Å². The van der Waals surface area contributed by atoms with Crippen LogP contribution in [-0.2, 0) is 16.6 Å². The number of aryl methyl sites for hydroxylation is 1. The molecule has 5 N–H and O–H groups in total. The minimum absolute atomic E-state index is 0.0167. The Labute approximate surface area is 295 Å². The second kappa shape index (κ2) is 14.3. The van der Waals surface area contributed by atoms with Crippen molar-refractivity contribution in [2.75, 3.05) is 11.9 Å². The molecule has 1 aliphatic carbocycles. The van der Waals surface area contributed by atoms with Crippen molar-refractivity contribution >= 4 is 23.7 Å². The molecule has 4 atom stereocenters. The molecule has 13 heteroatoms. The van der Waals surface area contributed by atoms with E-state index in [1.807, 2.05) is 45.4 Å². The first kappa shape index (κ1) is 33.8. The Morgan fingerprint density at radius 3 is 2.02 bits per heavy atom. The number of nitrogens with zero attached hydrogens (tertiary/aromatic N) is 5. The molecule has 1 saturated carbocycles. The lowest BCUT2D eigenvalue weighted by Crippen LogP contribution is -2.50. The fraction of sp³-hybridized carbons (Fsp3) is 0.368. The van der Waals surface area contributed by atoms with Gasteiger partial charge in [0.2, 0.25) is 11.8 Å². The summed E-state index contributed by atoms with van der Waals surface area (Å²) in [4.78, 5) is 55.7. The van der Waals surface area contributed by atoms with E-state index in [9.17, 15) is 19.5 Å². The average Bonchev–Trinajstić information content (AvgIpc) is 3.97. The number of nitrogens with one attached hydrogen (secondary N) is 4. The van der Waals surface area contributed by atoms with Crippen LogP contribution in [-0.4, -0.2) is 70.2 Å². The molecular weight excluding hydrogens is 646 g/mol. The van der Waals surface area contributed by atoms with E-state index in [4.69, 9.17) is 4.98 Å². The summed E-state index contributed by atoms with van der Waals surface area (Å²) in [7, 11) is 1.83. The molecule has 4 heterocycles. The van der Waals surface area contributed by atoms with Gasteiger partial charge in [-0.05, 0) is 53.9 Å². The first-order chi connectivity index (χ1) is 24.6. The monoisotopic (exact) mass is 689 g/mol. The van der Waals surface area contributed by atoms with Crippen LogP contribution in [0.25, 0.3) is 33.6 Å². The van der Waals surface area contributed by atoms with Crippen molar-refractivity contribution in [3.05, 3.63) is 84.8 Å². The van der Waals surface area contributed by atoms with Gasteiger partial charge >= 0.3 is 6.09 Å². The van der Waals surface area contributed by atoms with Crippen LogP contribution in [0.5, 0.6) is 0 Å². The standard InChI is InChI=1S/C38H43N9O4/c1-22(2)33(44-38(50)51)37(49)47-18-5-8-31(47)35-40-21-30(42-35)26-15-11-24(12-16-26)23-9-13-25(14-10-23)29-20-39-34(41-29)27-6-4-7-28(27)36(48)43-32-17-19-46(3)45-32/h9-17,19-22,27-28,31,33,44H,4-8,18H2,1-3H3,(H,39,41)(H,40,42)(H,50,51)(H,43,45,48)/t27-,28-,31+,33+/m1/s1. The first-order valence-corrected chi connectivity index (χ1v) is 17.6. The normalized spacial score (nSPS) is 19.4. The van der Waals surface area contributed by atoms with Gasteiger partial charge in [0.25, 0.3) is 0 Å². The van der Waals surface area contributed by atoms with Crippen molar-refractivity contribution in [2.24, 2.45) is 18.9 Å². The van der Waals surface area contributed by atoms with Gasteiger partial charge in [-0.1, -0.05) is 68.8 Å². The Bertz CT molecular complexity index is 2010. The lowest BCUT2D eigenvalue weighted by molar-refractivity contribution is -0.135. The molecule has 5 aromatic rings. The highest BCUT2D eigenvalue weighted by Gasteiger charge is 2.38. The molecule has 3 aromatic heterocycles. The summed E-state index contributed by atoms with van der Waals surface area (Å²) in [6.45, 7) is 4.23. The largest absolute Gasteiger partial charge is 0.465 e. The zero-order valence-corrected chi connectivity index (χ0v) is 29.0. The maximum absolute atomic E-state index is 13.3. The van der Waals surface area contributed by atoms with E-state index in [0.29, 0.717) is 18.2 Å². The molecule has 2 aromatic carbocycles. The fourth-order valence-corrected chi connectivity index (χ4v) is 7.45. The highest BCUT2D eigenvalue weighted by atomic mass is 16.4. The lowest BCUT2D eigenvalue weighted by atomic mass is 9.94. The number of likely N-dealkylation sites (tertiary alicyclic amines) is 1. The molecule has 0 unspecified atom stereocenters. The number of hydrogen-bond acceptors (Lipinski definition) is 6. The van der Waals surface area contributed by atoms with Crippen molar-refractivity contribution in [1.29, 1.82) is 0 Å². The summed E-state index contributed by atoms with van der Waals surface area (Å²) in [5.41, 5.74) is 5.90. The zero-order chi connectivity index (χ0) is 35.6. The number of carboxylic acid groups (broad SMARTS) is 1. The van der Waals surface area contributed by atoms with Crippen LogP contribution in [0.2, 0.25) is 0 Å². The Kier molecular flexibility index (Phi) is 9.44. The van der Waals surface area contributed by atoms with Crippen molar-refractivity contribution in [3.63, 3.8) is 0 Å². The summed E-state index contributed by atoms with van der Waals surface area (Å²) in [6.07, 6.45) is 8.53. The van der Waals surface area contributed by atoms with Gasteiger partial charge in [-0.15, -0.1) is 0 Å². The van der Waals surface area contributed by atoms with Crippen molar-refractivity contribution in [1.82, 2.24) is 39.9 Å². The van der Waals surface area contributed by atoms with E-state index in [2.05, 4.69) is 67.1 Å². The van der Waals surface area contributed by atoms with E-state index >= 15 is 0 Å². The molecule has 0 spiro atoms. The van der Waals surface area contributed by atoms with Gasteiger partial charge in [-0.3, -0.25) is 14.3 Å². The number of H-pyrrole nitrogens is 2. The van der Waals surface area contributed by atoms with Crippen molar-refractivity contribution in [3.8, 4) is 33.6 Å². The predicted molar refractivity (Wildman–Crippen MR) is 192 cm³/mol. The van der Waals surface area contributed by atoms with Gasteiger partial charge in [0, 0.05) is 37.7 Å². The molecule has 7 rings (SSSR count). The number of hydrogen-bond donors (Lipinski definition) is 5. The molecule has 51 heavy (non-hydrogen) atoms. The third-order valence-corrected chi connectivity index (χ3v) is 10.1. The van der Waals surface area contributed by atoms with Gasteiger partial charge in [-0.2, -0.15) is 5.10 Å². The van der Waals surface area contributed by atoms with Crippen LogP contribution in [0.1, 0.15) is 69.6 Å². The number of amides is 3. The predicted octanol–water partition coefficient (Wildman–Crippen LogP) is 6.35. The quantitative estimate of drug-likeness (QED) is 0.114. The van der Waals surface area contributed by atoms with Gasteiger partial charge in [0.15, 0.2) is 5.82 Å². The number of benzene rings is 2. The van der Waals surface area contributed by atoms with E-state index in [1.165, 1.54) is 0 Å². The molecule has 2 aliphatic rings. The SMILES string of the molecule is CC(C)[C@H](NC(=O)O)C(=O)N1CCC[C@H]1c1ncc(-c2ccc(-c3ccc(-c4cnc([C@@H]5CCC[C@H]5C(=O)Nc5ccn(C)n5)[nH]4)cc3)cc2)[nH]1. The number of carbonyl (C=O) groups is 3. The van der Waals surface area contributed by atoms with Crippen LogP contribution in [0.3, 0.4) is 0 Å². The van der Waals surface area contributed by atoms with Crippen LogP contribution in [0.15, 0.2) is 73.2 Å².